The Kier molecular flexibility index (Phi) is 5.96. The molecule has 7 nitrogen and oxygen atoms in total. The maximum Gasteiger partial charge on any atom is 0.246 e. The molecular formula is C19H31N3O4S. The van der Waals surface area contributed by atoms with Crippen molar-refractivity contribution >= 4 is 21.8 Å². The first-order valence-corrected chi connectivity index (χ1v) is 11.8. The molecule has 1 unspecified atom stereocenters. The van der Waals surface area contributed by atoms with E-state index in [1.54, 1.807) is 11.0 Å². The third-order valence-corrected chi connectivity index (χ3v) is 7.22. The number of likely N-dealkylation sites (tertiary alicyclic amines) is 2. The summed E-state index contributed by atoms with van der Waals surface area (Å²) in [7, 11) is -3.63. The van der Waals surface area contributed by atoms with Gasteiger partial charge < -0.3 is 4.90 Å². The molecule has 0 N–H and O–H groups in total. The second-order valence-corrected chi connectivity index (χ2v) is 10.3. The fourth-order valence-electron chi connectivity index (χ4n) is 4.83. The summed E-state index contributed by atoms with van der Waals surface area (Å²) in [6.07, 6.45) is 8.29. The molecule has 2 amide bonds. The van der Waals surface area contributed by atoms with E-state index in [2.05, 4.69) is 4.90 Å². The molecule has 3 aliphatic rings. The molecule has 0 aromatic rings. The van der Waals surface area contributed by atoms with Crippen molar-refractivity contribution < 1.29 is 18.0 Å². The standard InChI is InChI=1S/C19H31N3O4S/c1-14(2)18-15-12-21(13-16(15)22(19(18)24)27(3,25)26)17(23)8-7-11-20-9-5-4-6-10-20/h7-8,14-16,18H,4-6,9-13H2,1-3H3/b8-7+/t15?,16-,18+/m0/s1. The van der Waals surface area contributed by atoms with Crippen LogP contribution in [0.15, 0.2) is 12.2 Å². The second-order valence-electron chi connectivity index (χ2n) is 8.40. The van der Waals surface area contributed by atoms with Gasteiger partial charge in [0.1, 0.15) is 0 Å². The van der Waals surface area contributed by atoms with Crippen LogP contribution in [0.1, 0.15) is 33.1 Å². The number of nitrogens with zero attached hydrogens (tertiary/aromatic N) is 3. The van der Waals surface area contributed by atoms with E-state index in [1.165, 1.54) is 19.3 Å². The summed E-state index contributed by atoms with van der Waals surface area (Å²) in [5.41, 5.74) is 0. The van der Waals surface area contributed by atoms with Crippen molar-refractivity contribution in [1.82, 2.24) is 14.1 Å². The fraction of sp³-hybridized carbons (Fsp3) is 0.789. The van der Waals surface area contributed by atoms with Gasteiger partial charge in [-0.2, -0.15) is 0 Å². The zero-order valence-electron chi connectivity index (χ0n) is 16.5. The SMILES string of the molecule is CC(C)[C@H]1C(=O)N(S(C)(=O)=O)[C@H]2CN(C(=O)/C=C/CN3CCCCC3)CC12. The highest BCUT2D eigenvalue weighted by molar-refractivity contribution is 7.88. The third-order valence-electron chi connectivity index (χ3n) is 6.06. The average Bonchev–Trinajstić information content (AvgIpc) is 3.10. The minimum absolute atomic E-state index is 0.0430. The predicted octanol–water partition coefficient (Wildman–Crippen LogP) is 0.930. The highest BCUT2D eigenvalue weighted by atomic mass is 32.2. The van der Waals surface area contributed by atoms with Crippen LogP contribution in [0.25, 0.3) is 0 Å². The summed E-state index contributed by atoms with van der Waals surface area (Å²) in [4.78, 5) is 29.3. The molecular weight excluding hydrogens is 366 g/mol. The van der Waals surface area contributed by atoms with E-state index in [-0.39, 0.29) is 29.6 Å². The first kappa shape index (κ1) is 20.3. The van der Waals surface area contributed by atoms with Gasteiger partial charge in [-0.05, 0) is 31.8 Å². The predicted molar refractivity (Wildman–Crippen MR) is 103 cm³/mol. The van der Waals surface area contributed by atoms with Crippen LogP contribution in [0.5, 0.6) is 0 Å². The summed E-state index contributed by atoms with van der Waals surface area (Å²) >= 11 is 0. The maximum absolute atomic E-state index is 12.7. The van der Waals surface area contributed by atoms with Gasteiger partial charge in [0.25, 0.3) is 0 Å². The molecule has 0 radical (unpaired) electrons. The van der Waals surface area contributed by atoms with Crippen LogP contribution < -0.4 is 0 Å². The molecule has 3 aliphatic heterocycles. The van der Waals surface area contributed by atoms with Crippen LogP contribution in [0.4, 0.5) is 0 Å². The van der Waals surface area contributed by atoms with Gasteiger partial charge >= 0.3 is 0 Å². The molecule has 3 atom stereocenters. The maximum atomic E-state index is 12.7. The number of hydrogen-bond acceptors (Lipinski definition) is 5. The van der Waals surface area contributed by atoms with E-state index in [1.807, 2.05) is 19.9 Å². The number of hydrogen-bond donors (Lipinski definition) is 0. The average molecular weight is 398 g/mol. The Bertz CT molecular complexity index is 712. The van der Waals surface area contributed by atoms with Crippen LogP contribution in [-0.2, 0) is 19.6 Å². The van der Waals surface area contributed by atoms with Gasteiger partial charge in [-0.25, -0.2) is 12.7 Å². The number of rotatable bonds is 5. The number of carbonyl (C=O) groups is 2. The van der Waals surface area contributed by atoms with Crippen LogP contribution >= 0.6 is 0 Å². The summed E-state index contributed by atoms with van der Waals surface area (Å²) in [5.74, 6) is -0.826. The summed E-state index contributed by atoms with van der Waals surface area (Å²) < 4.78 is 25.4. The van der Waals surface area contributed by atoms with Gasteiger partial charge in [0.05, 0.1) is 12.3 Å². The van der Waals surface area contributed by atoms with Crippen molar-refractivity contribution in [2.24, 2.45) is 17.8 Å². The third kappa shape index (κ3) is 4.21. The Balaban J connectivity index is 1.66. The molecule has 8 heteroatoms. The molecule has 0 bridgehead atoms. The number of amides is 2. The van der Waals surface area contributed by atoms with Gasteiger partial charge in [-0.15, -0.1) is 0 Å². The number of sulfonamides is 1. The largest absolute Gasteiger partial charge is 0.337 e. The lowest BCUT2D eigenvalue weighted by molar-refractivity contribution is -0.131. The number of fused-ring (bicyclic) bond motifs is 1. The van der Waals surface area contributed by atoms with Crippen molar-refractivity contribution in [3.8, 4) is 0 Å². The van der Waals surface area contributed by atoms with Gasteiger partial charge in [0, 0.05) is 37.5 Å². The molecule has 3 fully saturated rings. The fourth-order valence-corrected chi connectivity index (χ4v) is 5.99. The summed E-state index contributed by atoms with van der Waals surface area (Å²) in [5, 5.41) is 0. The Morgan fingerprint density at radius 3 is 2.44 bits per heavy atom. The topological polar surface area (TPSA) is 78.0 Å². The Hall–Kier alpha value is -1.41. The van der Waals surface area contributed by atoms with Gasteiger partial charge in [-0.1, -0.05) is 26.3 Å². The van der Waals surface area contributed by atoms with E-state index in [0.717, 1.165) is 30.2 Å². The quantitative estimate of drug-likeness (QED) is 0.645. The number of carbonyl (C=O) groups excluding carboxylic acids is 2. The monoisotopic (exact) mass is 397 g/mol. The first-order valence-electron chi connectivity index (χ1n) is 9.91. The van der Waals surface area contributed by atoms with Crippen molar-refractivity contribution in [1.29, 1.82) is 0 Å². The lowest BCUT2D eigenvalue weighted by Gasteiger charge is -2.25. The number of piperidine rings is 1. The van der Waals surface area contributed by atoms with E-state index in [4.69, 9.17) is 0 Å². The molecule has 0 spiro atoms. The minimum atomic E-state index is -3.63. The van der Waals surface area contributed by atoms with E-state index >= 15 is 0 Å². The Morgan fingerprint density at radius 1 is 1.19 bits per heavy atom. The van der Waals surface area contributed by atoms with E-state index < -0.39 is 16.1 Å². The second kappa shape index (κ2) is 7.91. The lowest BCUT2D eigenvalue weighted by Crippen LogP contribution is -2.43. The lowest BCUT2D eigenvalue weighted by atomic mass is 9.84. The first-order chi connectivity index (χ1) is 12.7. The molecule has 0 saturated carbocycles. The molecule has 0 aromatic carbocycles. The van der Waals surface area contributed by atoms with E-state index in [9.17, 15) is 18.0 Å². The molecule has 0 aromatic heterocycles. The van der Waals surface area contributed by atoms with Crippen LogP contribution in [-0.4, -0.2) is 79.4 Å². The molecule has 152 valence electrons. The van der Waals surface area contributed by atoms with Crippen LogP contribution in [0, 0.1) is 17.8 Å². The van der Waals surface area contributed by atoms with Crippen molar-refractivity contribution in [2.75, 3.05) is 39.0 Å². The van der Waals surface area contributed by atoms with Gasteiger partial charge in [0.15, 0.2) is 0 Å². The molecule has 3 rings (SSSR count). The highest BCUT2D eigenvalue weighted by Crippen LogP contribution is 2.41. The molecule has 0 aliphatic carbocycles. The summed E-state index contributed by atoms with van der Waals surface area (Å²) in [6, 6.07) is -0.431. The normalized spacial score (nSPS) is 29.9. The Labute approximate surface area is 162 Å². The van der Waals surface area contributed by atoms with E-state index in [0.29, 0.717) is 13.1 Å². The van der Waals surface area contributed by atoms with Crippen molar-refractivity contribution in [2.45, 2.75) is 39.2 Å². The minimum Gasteiger partial charge on any atom is -0.337 e. The smallest absolute Gasteiger partial charge is 0.246 e. The molecule has 3 saturated heterocycles. The van der Waals surface area contributed by atoms with Crippen LogP contribution in [0.2, 0.25) is 0 Å². The van der Waals surface area contributed by atoms with Gasteiger partial charge in [-0.3, -0.25) is 14.5 Å². The van der Waals surface area contributed by atoms with Crippen LogP contribution in [0.3, 0.4) is 0 Å². The molecule has 3 heterocycles. The zero-order valence-corrected chi connectivity index (χ0v) is 17.3. The molecule has 27 heavy (non-hydrogen) atoms. The van der Waals surface area contributed by atoms with Crippen molar-refractivity contribution in [3.05, 3.63) is 12.2 Å². The Morgan fingerprint density at radius 2 is 1.85 bits per heavy atom. The highest BCUT2D eigenvalue weighted by Gasteiger charge is 2.56. The zero-order chi connectivity index (χ0) is 19.8. The van der Waals surface area contributed by atoms with Gasteiger partial charge in [0.2, 0.25) is 21.8 Å². The summed E-state index contributed by atoms with van der Waals surface area (Å²) in [6.45, 7) is 7.54. The van der Waals surface area contributed by atoms with Crippen molar-refractivity contribution in [3.63, 3.8) is 0 Å².